The second-order valence-electron chi connectivity index (χ2n) is 8.26. The molecule has 0 aromatic rings. The van der Waals surface area contributed by atoms with Gasteiger partial charge in [0.2, 0.25) is 0 Å². The first-order valence-electron chi connectivity index (χ1n) is 12.0. The van der Waals surface area contributed by atoms with Crippen molar-refractivity contribution in [2.24, 2.45) is 0 Å². The van der Waals surface area contributed by atoms with Crippen LogP contribution in [0.5, 0.6) is 0 Å². The van der Waals surface area contributed by atoms with E-state index in [0.717, 1.165) is 0 Å². The Labute approximate surface area is 161 Å². The van der Waals surface area contributed by atoms with Crippen molar-refractivity contribution < 1.29 is 0 Å². The second-order valence-corrected chi connectivity index (χ2v) is 8.26. The van der Waals surface area contributed by atoms with Gasteiger partial charge in [-0.2, -0.15) is 0 Å². The Morgan fingerprint density at radius 1 is 0.480 bits per heavy atom. The highest BCUT2D eigenvalue weighted by Gasteiger charge is 2.24. The van der Waals surface area contributed by atoms with Crippen LogP contribution in [0.25, 0.3) is 0 Å². The summed E-state index contributed by atoms with van der Waals surface area (Å²) in [6, 6.07) is 0. The lowest BCUT2D eigenvalue weighted by atomic mass is 9.86. The first kappa shape index (κ1) is 25.0. The van der Waals surface area contributed by atoms with Gasteiger partial charge in [-0.15, -0.1) is 0 Å². The van der Waals surface area contributed by atoms with Crippen LogP contribution in [-0.4, -0.2) is 12.1 Å². The highest BCUT2D eigenvalue weighted by atomic mass is 15.0. The molecule has 1 nitrogen and oxygen atoms in total. The van der Waals surface area contributed by atoms with Gasteiger partial charge in [0.05, 0.1) is 0 Å². The standard InChI is InChI=1S/C24H51N/c1-5-9-11-13-15-17-19-21-23-25-24(7-3,8-4)22-20-18-16-14-12-10-6-2/h25H,5-23H2,1-4H3. The van der Waals surface area contributed by atoms with Crippen LogP contribution in [0.3, 0.4) is 0 Å². The van der Waals surface area contributed by atoms with Crippen LogP contribution in [0.4, 0.5) is 0 Å². The largest absolute Gasteiger partial charge is 0.311 e. The van der Waals surface area contributed by atoms with Gasteiger partial charge in [-0.25, -0.2) is 0 Å². The summed E-state index contributed by atoms with van der Waals surface area (Å²) in [5, 5.41) is 3.96. The number of nitrogens with one attached hydrogen (secondary N) is 1. The minimum atomic E-state index is 0.421. The van der Waals surface area contributed by atoms with Gasteiger partial charge in [-0.1, -0.05) is 118 Å². The lowest BCUT2D eigenvalue weighted by Crippen LogP contribution is -2.44. The molecule has 25 heavy (non-hydrogen) atoms. The summed E-state index contributed by atoms with van der Waals surface area (Å²) in [4.78, 5) is 0. The molecule has 1 heteroatoms. The maximum absolute atomic E-state index is 3.96. The number of hydrogen-bond acceptors (Lipinski definition) is 1. The Hall–Kier alpha value is -0.0400. The molecule has 152 valence electrons. The lowest BCUT2D eigenvalue weighted by Gasteiger charge is -2.33. The molecule has 0 aromatic carbocycles. The average molecular weight is 354 g/mol. The van der Waals surface area contributed by atoms with Gasteiger partial charge in [0, 0.05) is 5.54 Å². The Bertz CT molecular complexity index is 244. The smallest absolute Gasteiger partial charge is 0.0176 e. The summed E-state index contributed by atoms with van der Waals surface area (Å²) in [6.45, 7) is 10.6. The van der Waals surface area contributed by atoms with Crippen molar-refractivity contribution in [2.45, 2.75) is 149 Å². The van der Waals surface area contributed by atoms with Crippen LogP contribution in [-0.2, 0) is 0 Å². The molecule has 1 N–H and O–H groups in total. The molecule has 0 aliphatic heterocycles. The van der Waals surface area contributed by atoms with Crippen LogP contribution < -0.4 is 5.32 Å². The van der Waals surface area contributed by atoms with Crippen LogP contribution in [0.2, 0.25) is 0 Å². The molecule has 0 aliphatic carbocycles. The molecule has 0 aromatic heterocycles. The third kappa shape index (κ3) is 14.8. The van der Waals surface area contributed by atoms with E-state index in [-0.39, 0.29) is 0 Å². The minimum Gasteiger partial charge on any atom is -0.311 e. The average Bonchev–Trinajstić information content (AvgIpc) is 2.64. The molecule has 0 aliphatic rings. The van der Waals surface area contributed by atoms with E-state index in [1.165, 1.54) is 122 Å². The molecule has 0 heterocycles. The van der Waals surface area contributed by atoms with Crippen molar-refractivity contribution in [1.29, 1.82) is 0 Å². The first-order chi connectivity index (χ1) is 12.2. The molecule has 0 rings (SSSR count). The molecule has 0 unspecified atom stereocenters. The molecular weight excluding hydrogens is 302 g/mol. The second kappa shape index (κ2) is 18.7. The van der Waals surface area contributed by atoms with Gasteiger partial charge in [0.1, 0.15) is 0 Å². The quantitative estimate of drug-likeness (QED) is 0.217. The van der Waals surface area contributed by atoms with E-state index in [1.807, 2.05) is 0 Å². The molecule has 0 saturated heterocycles. The zero-order valence-electron chi connectivity index (χ0n) is 18.4. The third-order valence-electron chi connectivity index (χ3n) is 6.14. The van der Waals surface area contributed by atoms with Crippen molar-refractivity contribution in [3.05, 3.63) is 0 Å². The normalized spacial score (nSPS) is 12.0. The summed E-state index contributed by atoms with van der Waals surface area (Å²) >= 11 is 0. The summed E-state index contributed by atoms with van der Waals surface area (Å²) in [6.07, 6.45) is 25.3. The number of hydrogen-bond donors (Lipinski definition) is 1. The Kier molecular flexibility index (Phi) is 18.7. The molecule has 0 amide bonds. The first-order valence-corrected chi connectivity index (χ1v) is 12.0. The van der Waals surface area contributed by atoms with E-state index in [2.05, 4.69) is 33.0 Å². The zero-order valence-corrected chi connectivity index (χ0v) is 18.4. The Morgan fingerprint density at radius 3 is 1.32 bits per heavy atom. The predicted molar refractivity (Wildman–Crippen MR) is 117 cm³/mol. The fourth-order valence-corrected chi connectivity index (χ4v) is 3.97. The van der Waals surface area contributed by atoms with Crippen molar-refractivity contribution in [3.63, 3.8) is 0 Å². The van der Waals surface area contributed by atoms with Gasteiger partial charge < -0.3 is 5.32 Å². The summed E-state index contributed by atoms with van der Waals surface area (Å²) in [7, 11) is 0. The van der Waals surface area contributed by atoms with Crippen molar-refractivity contribution in [1.82, 2.24) is 5.32 Å². The van der Waals surface area contributed by atoms with E-state index in [0.29, 0.717) is 5.54 Å². The van der Waals surface area contributed by atoms with Gasteiger partial charge in [-0.05, 0) is 32.2 Å². The monoisotopic (exact) mass is 353 g/mol. The highest BCUT2D eigenvalue weighted by molar-refractivity contribution is 4.85. The SMILES string of the molecule is CCCCCCCCCCNC(CC)(CC)CCCCCCCCC. The maximum atomic E-state index is 3.96. The van der Waals surface area contributed by atoms with E-state index in [4.69, 9.17) is 0 Å². The van der Waals surface area contributed by atoms with Gasteiger partial charge in [0.15, 0.2) is 0 Å². The van der Waals surface area contributed by atoms with Crippen molar-refractivity contribution >= 4 is 0 Å². The van der Waals surface area contributed by atoms with Gasteiger partial charge in [-0.3, -0.25) is 0 Å². The fraction of sp³-hybridized carbons (Fsp3) is 1.00. The Balaban J connectivity index is 3.69. The molecule has 0 bridgehead atoms. The molecule has 0 fully saturated rings. The predicted octanol–water partition coefficient (Wildman–Crippen LogP) is 8.42. The molecule has 0 atom stereocenters. The van der Waals surface area contributed by atoms with Crippen LogP contribution in [0.1, 0.15) is 143 Å². The highest BCUT2D eigenvalue weighted by Crippen LogP contribution is 2.24. The van der Waals surface area contributed by atoms with Crippen LogP contribution in [0, 0.1) is 0 Å². The van der Waals surface area contributed by atoms with Crippen LogP contribution in [0.15, 0.2) is 0 Å². The minimum absolute atomic E-state index is 0.421. The molecule has 0 saturated carbocycles. The van der Waals surface area contributed by atoms with E-state index < -0.39 is 0 Å². The lowest BCUT2D eigenvalue weighted by molar-refractivity contribution is 0.268. The van der Waals surface area contributed by atoms with E-state index >= 15 is 0 Å². The van der Waals surface area contributed by atoms with Gasteiger partial charge >= 0.3 is 0 Å². The zero-order chi connectivity index (χ0) is 18.6. The van der Waals surface area contributed by atoms with Crippen molar-refractivity contribution in [3.8, 4) is 0 Å². The maximum Gasteiger partial charge on any atom is 0.0176 e. The molecule has 0 radical (unpaired) electrons. The van der Waals surface area contributed by atoms with Gasteiger partial charge in [0.25, 0.3) is 0 Å². The summed E-state index contributed by atoms with van der Waals surface area (Å²) < 4.78 is 0. The summed E-state index contributed by atoms with van der Waals surface area (Å²) in [5.41, 5.74) is 0.421. The summed E-state index contributed by atoms with van der Waals surface area (Å²) in [5.74, 6) is 0. The third-order valence-corrected chi connectivity index (χ3v) is 6.14. The van der Waals surface area contributed by atoms with E-state index in [1.54, 1.807) is 0 Å². The van der Waals surface area contributed by atoms with Crippen molar-refractivity contribution in [2.75, 3.05) is 6.54 Å². The topological polar surface area (TPSA) is 12.0 Å². The van der Waals surface area contributed by atoms with Crippen LogP contribution >= 0.6 is 0 Å². The Morgan fingerprint density at radius 2 is 0.880 bits per heavy atom. The fourth-order valence-electron chi connectivity index (χ4n) is 3.97. The number of unbranched alkanes of at least 4 members (excludes halogenated alkanes) is 13. The number of rotatable bonds is 20. The molecule has 0 spiro atoms. The molecular formula is C24H51N. The van der Waals surface area contributed by atoms with E-state index in [9.17, 15) is 0 Å².